The van der Waals surface area contributed by atoms with Crippen LogP contribution in [0, 0.1) is 22.7 Å². The molecule has 2 N–H and O–H groups in total. The van der Waals surface area contributed by atoms with Gasteiger partial charge in [-0.15, -0.1) is 0 Å². The second-order valence-electron chi connectivity index (χ2n) is 20.3. The number of Topliss-reactive ketones (excluding diaryl/α,β-unsaturated/α-hetero) is 1. The number of ketones is 1. The van der Waals surface area contributed by atoms with Crippen molar-refractivity contribution in [3.8, 4) is 0 Å². The van der Waals surface area contributed by atoms with Gasteiger partial charge in [0.25, 0.3) is 22.6 Å². The first-order chi connectivity index (χ1) is 30.4. The molecule has 0 saturated heterocycles. The molecule has 2 saturated carbocycles. The molecule has 2 fully saturated rings. The Kier molecular flexibility index (Phi) is 19.5. The van der Waals surface area contributed by atoms with E-state index in [9.17, 15) is 9.90 Å². The van der Waals surface area contributed by atoms with E-state index in [1.807, 2.05) is 6.92 Å². The maximum Gasteiger partial charge on any atom is 0.300 e. The number of aliphatic carboxylic acids is 1. The fourth-order valence-corrected chi connectivity index (χ4v) is 19.9. The number of rotatable bonds is 13. The summed E-state index contributed by atoms with van der Waals surface area (Å²) in [6.07, 6.45) is 7.21. The van der Waals surface area contributed by atoms with E-state index in [1.54, 1.807) is 0 Å². The molecule has 11 heteroatoms. The zero-order valence-electron chi connectivity index (χ0n) is 40.8. The SMILES string of the molecule is CC(=O)O.CC[C@@]1(CO)C[C@H](CO[Si](c2ccccc2)(c2ccccc2)C(C)(C)C)CCC1=O.CC[C@]12CON=C1CC[C@@H](CO[Si](c1ccccc1)(c1ccccc1)C(C)(C)C)C2.[Zn]. The molecule has 7 rings (SSSR count). The van der Waals surface area contributed by atoms with Gasteiger partial charge in [-0.25, -0.2) is 0 Å². The molecule has 0 radical (unpaired) electrons. The molecule has 65 heavy (non-hydrogen) atoms. The Bertz CT molecular complexity index is 1910. The number of carboxylic acids is 1. The molecule has 0 aromatic heterocycles. The average Bonchev–Trinajstić information content (AvgIpc) is 3.72. The van der Waals surface area contributed by atoms with Crippen LogP contribution in [0.1, 0.15) is 114 Å². The standard InChI is InChI=1S/C26H35NO2Si.C26H36O3Si.C2H4O2.Zn/c1-5-26-18-21(16-17-24(26)27-28-20-26)19-29-30(25(2,3)4,22-12-8-6-9-13-22)23-14-10-7-11-15-23;1-5-26(20-27)18-21(16-17-24(26)28)19-29-30(25(2,3)4,22-12-8-6-9-13-22)23-14-10-7-11-15-23;1-2(3)4;/h6-15,21H,5,16-20H2,1-4H3;6-15,21,27H,5,16-20H2,1-4H3;1H3,(H,3,4);/t2*21-,26+;;/m11../s1. The van der Waals surface area contributed by atoms with Gasteiger partial charge >= 0.3 is 0 Å². The van der Waals surface area contributed by atoms with Crippen LogP contribution in [0.4, 0.5) is 0 Å². The third-order valence-electron chi connectivity index (χ3n) is 14.2. The van der Waals surface area contributed by atoms with Gasteiger partial charge in [0, 0.05) is 51.5 Å². The molecule has 1 heterocycles. The van der Waals surface area contributed by atoms with Crippen LogP contribution >= 0.6 is 0 Å². The summed E-state index contributed by atoms with van der Waals surface area (Å²) in [5, 5.41) is 27.0. The number of fused-ring (bicyclic) bond motifs is 1. The Labute approximate surface area is 405 Å². The monoisotopic (exact) mass is 969 g/mol. The third-order valence-corrected chi connectivity index (χ3v) is 24.2. The molecular weight excluding hydrogens is 896 g/mol. The van der Waals surface area contributed by atoms with Gasteiger partial charge in [-0.1, -0.05) is 182 Å². The Morgan fingerprint density at radius 3 is 1.38 bits per heavy atom. The number of oxime groups is 1. The summed E-state index contributed by atoms with van der Waals surface area (Å²) in [4.78, 5) is 27.1. The van der Waals surface area contributed by atoms with E-state index < -0.39 is 28.0 Å². The van der Waals surface area contributed by atoms with Crippen molar-refractivity contribution < 1.29 is 53.0 Å². The molecule has 0 amide bonds. The fourth-order valence-electron chi connectivity index (χ4n) is 10.6. The van der Waals surface area contributed by atoms with Crippen molar-refractivity contribution in [2.75, 3.05) is 26.4 Å². The van der Waals surface area contributed by atoms with Gasteiger partial charge < -0.3 is 23.9 Å². The van der Waals surface area contributed by atoms with Gasteiger partial charge in [-0.2, -0.15) is 0 Å². The van der Waals surface area contributed by atoms with E-state index >= 15 is 0 Å². The van der Waals surface area contributed by atoms with Gasteiger partial charge in [0.15, 0.2) is 0 Å². The van der Waals surface area contributed by atoms with E-state index in [2.05, 4.69) is 175 Å². The average molecular weight is 972 g/mol. The summed E-state index contributed by atoms with van der Waals surface area (Å²) >= 11 is 0. The second kappa shape index (κ2) is 23.4. The number of hydrogen-bond donors (Lipinski definition) is 2. The Morgan fingerprint density at radius 1 is 0.677 bits per heavy atom. The van der Waals surface area contributed by atoms with Crippen LogP contribution in [0.25, 0.3) is 0 Å². The predicted molar refractivity (Wildman–Crippen MR) is 266 cm³/mol. The quantitative estimate of drug-likeness (QED) is 0.128. The van der Waals surface area contributed by atoms with Crippen LogP contribution < -0.4 is 20.7 Å². The van der Waals surface area contributed by atoms with Crippen molar-refractivity contribution in [2.24, 2.45) is 27.8 Å². The van der Waals surface area contributed by atoms with Crippen LogP contribution in [-0.4, -0.2) is 70.7 Å². The van der Waals surface area contributed by atoms with Gasteiger partial charge in [0.05, 0.1) is 17.7 Å². The zero-order valence-corrected chi connectivity index (χ0v) is 45.7. The number of hydrogen-bond acceptors (Lipinski definition) is 7. The van der Waals surface area contributed by atoms with Crippen LogP contribution in [0.5, 0.6) is 0 Å². The third kappa shape index (κ3) is 12.1. The first-order valence-electron chi connectivity index (χ1n) is 23.5. The Balaban J connectivity index is 0.000000259. The molecule has 2 aliphatic carbocycles. The molecule has 0 unspecified atom stereocenters. The molecule has 3 aliphatic rings. The van der Waals surface area contributed by atoms with E-state index in [0.717, 1.165) is 58.7 Å². The summed E-state index contributed by atoms with van der Waals surface area (Å²) < 4.78 is 14.3. The summed E-state index contributed by atoms with van der Waals surface area (Å²) in [5.41, 5.74) is 0.835. The van der Waals surface area contributed by atoms with Crippen LogP contribution in [-0.2, 0) is 42.8 Å². The zero-order chi connectivity index (χ0) is 46.7. The predicted octanol–water partition coefficient (Wildman–Crippen LogP) is 9.56. The maximum atomic E-state index is 12.5. The van der Waals surface area contributed by atoms with Gasteiger partial charge in [-0.05, 0) is 87.6 Å². The molecule has 0 spiro atoms. The number of aliphatic hydroxyl groups is 1. The Hall–Kier alpha value is -3.57. The van der Waals surface area contributed by atoms with E-state index in [1.165, 1.54) is 26.5 Å². The summed E-state index contributed by atoms with van der Waals surface area (Å²) in [6, 6.07) is 43.2. The first kappa shape index (κ1) is 54.0. The van der Waals surface area contributed by atoms with Crippen molar-refractivity contribution in [3.63, 3.8) is 0 Å². The van der Waals surface area contributed by atoms with Crippen LogP contribution in [0.3, 0.4) is 0 Å². The minimum atomic E-state index is -2.56. The minimum Gasteiger partial charge on any atom is -0.481 e. The minimum absolute atomic E-state index is 0. The van der Waals surface area contributed by atoms with Crippen LogP contribution in [0.2, 0.25) is 10.1 Å². The van der Waals surface area contributed by atoms with E-state index in [0.29, 0.717) is 25.4 Å². The molecule has 348 valence electrons. The Morgan fingerprint density at radius 2 is 1.05 bits per heavy atom. The second-order valence-corrected chi connectivity index (χ2v) is 29.0. The number of aliphatic hydroxyl groups excluding tert-OH is 1. The van der Waals surface area contributed by atoms with Crippen molar-refractivity contribution in [3.05, 3.63) is 121 Å². The number of carboxylic acid groups (broad SMARTS) is 1. The normalized spacial score (nSPS) is 22.1. The van der Waals surface area contributed by atoms with Crippen molar-refractivity contribution in [2.45, 2.75) is 124 Å². The van der Waals surface area contributed by atoms with Crippen molar-refractivity contribution in [1.82, 2.24) is 0 Å². The topological polar surface area (TPSA) is 115 Å². The molecule has 4 aromatic rings. The van der Waals surface area contributed by atoms with Crippen molar-refractivity contribution in [1.29, 1.82) is 0 Å². The van der Waals surface area contributed by atoms with E-state index in [4.69, 9.17) is 23.6 Å². The summed E-state index contributed by atoms with van der Waals surface area (Å²) in [7, 11) is -5.03. The largest absolute Gasteiger partial charge is 0.481 e. The molecule has 4 atom stereocenters. The molecule has 4 aromatic carbocycles. The van der Waals surface area contributed by atoms with E-state index in [-0.39, 0.29) is 53.3 Å². The molecule has 8 nitrogen and oxygen atoms in total. The van der Waals surface area contributed by atoms with Gasteiger partial charge in [0.1, 0.15) is 12.4 Å². The molecule has 1 aliphatic heterocycles. The number of benzene rings is 4. The van der Waals surface area contributed by atoms with Crippen LogP contribution in [0.15, 0.2) is 126 Å². The van der Waals surface area contributed by atoms with Crippen molar-refractivity contribution >= 4 is 54.8 Å². The molecule has 0 bridgehead atoms. The smallest absolute Gasteiger partial charge is 0.300 e. The maximum absolute atomic E-state index is 12.5. The fraction of sp³-hybridized carbons (Fsp3) is 0.500. The number of nitrogens with zero attached hydrogens (tertiary/aromatic N) is 1. The van der Waals surface area contributed by atoms with Gasteiger partial charge in [-0.3, -0.25) is 9.59 Å². The van der Waals surface area contributed by atoms with Gasteiger partial charge in [0.2, 0.25) is 0 Å². The first-order valence-corrected chi connectivity index (χ1v) is 27.3. The number of carbonyl (C=O) groups is 2. The summed E-state index contributed by atoms with van der Waals surface area (Å²) in [5.74, 6) is 0.220. The molecular formula is C54H75NO7Si2Zn. The number of carbonyl (C=O) groups excluding carboxylic acids is 1. The summed E-state index contributed by atoms with van der Waals surface area (Å²) in [6.45, 7) is 21.4.